The molecule has 0 saturated carbocycles. The molecule has 0 bridgehead atoms. The second-order valence-corrected chi connectivity index (χ2v) is 7.24. The Morgan fingerprint density at radius 2 is 2.00 bits per heavy atom. The predicted octanol–water partition coefficient (Wildman–Crippen LogP) is 3.64. The van der Waals surface area contributed by atoms with Gasteiger partial charge in [0.15, 0.2) is 0 Å². The third-order valence-electron chi connectivity index (χ3n) is 3.88. The first-order valence-electron chi connectivity index (χ1n) is 7.38. The highest BCUT2D eigenvalue weighted by atomic mass is 35.5. The lowest BCUT2D eigenvalue weighted by Gasteiger charge is -2.30. The lowest BCUT2D eigenvalue weighted by Crippen LogP contribution is -2.41. The molecule has 0 spiro atoms. The van der Waals surface area contributed by atoms with Crippen molar-refractivity contribution in [2.75, 3.05) is 26.0 Å². The second kappa shape index (κ2) is 8.81. The number of rotatable bonds is 5. The van der Waals surface area contributed by atoms with Gasteiger partial charge in [-0.3, -0.25) is 9.59 Å². The van der Waals surface area contributed by atoms with Crippen molar-refractivity contribution in [1.82, 2.24) is 4.90 Å². The summed E-state index contributed by atoms with van der Waals surface area (Å²) < 4.78 is 4.75. The van der Waals surface area contributed by atoms with Gasteiger partial charge in [0.1, 0.15) is 0 Å². The number of benzene rings is 1. The Labute approximate surface area is 150 Å². The van der Waals surface area contributed by atoms with Crippen LogP contribution in [0.15, 0.2) is 18.2 Å². The molecule has 1 heterocycles. The van der Waals surface area contributed by atoms with Crippen molar-refractivity contribution in [2.24, 2.45) is 5.92 Å². The number of methoxy groups -OCH3 is 1. The fraction of sp³-hybridized carbons (Fsp3) is 0.500. The van der Waals surface area contributed by atoms with Crippen molar-refractivity contribution < 1.29 is 14.3 Å². The summed E-state index contributed by atoms with van der Waals surface area (Å²) in [6, 6.07) is 5.38. The molecule has 0 atom stereocenters. The third kappa shape index (κ3) is 5.30. The Morgan fingerprint density at radius 1 is 1.30 bits per heavy atom. The standard InChI is InChI=1S/C16H19Cl2NO3S/c1-22-16(21)11-4-6-19(7-5-11)15(20)10-23-9-12-2-3-13(17)8-14(12)18/h2-3,8,11H,4-7,9-10H2,1H3. The van der Waals surface area contributed by atoms with Crippen molar-refractivity contribution in [3.05, 3.63) is 33.8 Å². The van der Waals surface area contributed by atoms with E-state index in [1.54, 1.807) is 12.1 Å². The van der Waals surface area contributed by atoms with Crippen LogP contribution < -0.4 is 0 Å². The summed E-state index contributed by atoms with van der Waals surface area (Å²) in [6.07, 6.45) is 1.35. The van der Waals surface area contributed by atoms with E-state index in [2.05, 4.69) is 0 Å². The number of amides is 1. The van der Waals surface area contributed by atoms with Crippen molar-refractivity contribution in [3.63, 3.8) is 0 Å². The zero-order chi connectivity index (χ0) is 16.8. The van der Waals surface area contributed by atoms with Crippen LogP contribution in [0.2, 0.25) is 10.0 Å². The molecule has 0 aliphatic carbocycles. The highest BCUT2D eigenvalue weighted by molar-refractivity contribution is 7.99. The molecule has 4 nitrogen and oxygen atoms in total. The highest BCUT2D eigenvalue weighted by Crippen LogP contribution is 2.25. The lowest BCUT2D eigenvalue weighted by atomic mass is 9.97. The molecule has 1 aliphatic rings. The van der Waals surface area contributed by atoms with E-state index in [1.165, 1.54) is 18.9 Å². The van der Waals surface area contributed by atoms with Gasteiger partial charge in [-0.2, -0.15) is 0 Å². The molecule has 1 aliphatic heterocycles. The lowest BCUT2D eigenvalue weighted by molar-refractivity contribution is -0.148. The largest absolute Gasteiger partial charge is 0.469 e. The van der Waals surface area contributed by atoms with E-state index in [9.17, 15) is 9.59 Å². The van der Waals surface area contributed by atoms with Gasteiger partial charge in [-0.1, -0.05) is 29.3 Å². The molecule has 126 valence electrons. The predicted molar refractivity (Wildman–Crippen MR) is 93.9 cm³/mol. The minimum atomic E-state index is -0.177. The minimum absolute atomic E-state index is 0.0791. The Kier molecular flexibility index (Phi) is 7.06. The maximum Gasteiger partial charge on any atom is 0.308 e. The number of carbonyl (C=O) groups is 2. The van der Waals surface area contributed by atoms with E-state index in [4.69, 9.17) is 27.9 Å². The van der Waals surface area contributed by atoms with Gasteiger partial charge in [0.25, 0.3) is 0 Å². The van der Waals surface area contributed by atoms with Crippen LogP contribution in [0.5, 0.6) is 0 Å². The molecular formula is C16H19Cl2NO3S. The number of hydrogen-bond donors (Lipinski definition) is 0. The van der Waals surface area contributed by atoms with E-state index < -0.39 is 0 Å². The van der Waals surface area contributed by atoms with Crippen LogP contribution in [0, 0.1) is 5.92 Å². The molecule has 1 fully saturated rings. The molecule has 23 heavy (non-hydrogen) atoms. The summed E-state index contributed by atoms with van der Waals surface area (Å²) in [7, 11) is 1.40. The van der Waals surface area contributed by atoms with Crippen LogP contribution in [0.25, 0.3) is 0 Å². The SMILES string of the molecule is COC(=O)C1CCN(C(=O)CSCc2ccc(Cl)cc2Cl)CC1. The number of ether oxygens (including phenoxy) is 1. The van der Waals surface area contributed by atoms with Crippen molar-refractivity contribution in [1.29, 1.82) is 0 Å². The summed E-state index contributed by atoms with van der Waals surface area (Å²) in [5.74, 6) is 0.916. The van der Waals surface area contributed by atoms with Crippen molar-refractivity contribution in [2.45, 2.75) is 18.6 Å². The summed E-state index contributed by atoms with van der Waals surface area (Å²) >= 11 is 13.5. The molecular weight excluding hydrogens is 357 g/mol. The van der Waals surface area contributed by atoms with Gasteiger partial charge in [-0.15, -0.1) is 11.8 Å². The number of hydrogen-bond acceptors (Lipinski definition) is 4. The molecule has 1 amide bonds. The smallest absolute Gasteiger partial charge is 0.308 e. The van der Waals surface area contributed by atoms with Crippen molar-refractivity contribution >= 4 is 46.8 Å². The molecule has 7 heteroatoms. The van der Waals surface area contributed by atoms with E-state index in [0.717, 1.165) is 5.56 Å². The van der Waals surface area contributed by atoms with Gasteiger partial charge in [0.2, 0.25) is 5.91 Å². The third-order valence-corrected chi connectivity index (χ3v) is 5.43. The number of thioether (sulfide) groups is 1. The second-order valence-electron chi connectivity index (χ2n) is 5.41. The topological polar surface area (TPSA) is 46.6 Å². The monoisotopic (exact) mass is 375 g/mol. The van der Waals surface area contributed by atoms with Gasteiger partial charge in [-0.25, -0.2) is 0 Å². The fourth-order valence-corrected chi connectivity index (χ4v) is 4.00. The van der Waals surface area contributed by atoms with Crippen LogP contribution in [0.1, 0.15) is 18.4 Å². The Morgan fingerprint density at radius 3 is 2.61 bits per heavy atom. The van der Waals surface area contributed by atoms with E-state index >= 15 is 0 Å². The van der Waals surface area contributed by atoms with Crippen LogP contribution in [-0.4, -0.2) is 42.7 Å². The van der Waals surface area contributed by atoms with Crippen molar-refractivity contribution in [3.8, 4) is 0 Å². The van der Waals surface area contributed by atoms with E-state index in [1.807, 2.05) is 11.0 Å². The van der Waals surface area contributed by atoms with Gasteiger partial charge in [0.05, 0.1) is 18.8 Å². The molecule has 2 rings (SSSR count). The maximum atomic E-state index is 12.2. The average molecular weight is 376 g/mol. The Hall–Kier alpha value is -0.910. The average Bonchev–Trinajstić information content (AvgIpc) is 2.56. The number of halogens is 2. The maximum absolute atomic E-state index is 12.2. The zero-order valence-corrected chi connectivity index (χ0v) is 15.2. The zero-order valence-electron chi connectivity index (χ0n) is 12.9. The van der Waals surface area contributed by atoms with Crippen LogP contribution in [0.4, 0.5) is 0 Å². The van der Waals surface area contributed by atoms with Crippen LogP contribution >= 0.6 is 35.0 Å². The quantitative estimate of drug-likeness (QED) is 0.737. The molecule has 0 N–H and O–H groups in total. The Balaban J connectivity index is 1.74. The van der Waals surface area contributed by atoms with Crippen LogP contribution in [-0.2, 0) is 20.1 Å². The van der Waals surface area contributed by atoms with Gasteiger partial charge in [0, 0.05) is 28.9 Å². The number of esters is 1. The first-order valence-corrected chi connectivity index (χ1v) is 9.29. The molecule has 1 aromatic carbocycles. The summed E-state index contributed by atoms with van der Waals surface area (Å²) in [6.45, 7) is 1.22. The molecule has 0 unspecified atom stereocenters. The van der Waals surface area contributed by atoms with E-state index in [0.29, 0.717) is 47.5 Å². The molecule has 0 aromatic heterocycles. The van der Waals surface area contributed by atoms with E-state index in [-0.39, 0.29) is 17.8 Å². The number of carbonyl (C=O) groups excluding carboxylic acids is 2. The number of nitrogens with zero attached hydrogens (tertiary/aromatic N) is 1. The highest BCUT2D eigenvalue weighted by Gasteiger charge is 2.27. The first-order chi connectivity index (χ1) is 11.0. The molecule has 0 radical (unpaired) electrons. The first kappa shape index (κ1) is 18.4. The van der Waals surface area contributed by atoms with Gasteiger partial charge in [-0.05, 0) is 30.5 Å². The van der Waals surface area contributed by atoms with Gasteiger partial charge >= 0.3 is 5.97 Å². The van der Waals surface area contributed by atoms with Crippen LogP contribution in [0.3, 0.4) is 0 Å². The molecule has 1 saturated heterocycles. The summed E-state index contributed by atoms with van der Waals surface area (Å²) in [4.78, 5) is 25.5. The number of likely N-dealkylation sites (tertiary alicyclic amines) is 1. The fourth-order valence-electron chi connectivity index (χ4n) is 2.51. The molecule has 1 aromatic rings. The minimum Gasteiger partial charge on any atom is -0.469 e. The van der Waals surface area contributed by atoms with Gasteiger partial charge < -0.3 is 9.64 Å². The summed E-state index contributed by atoms with van der Waals surface area (Å²) in [5, 5.41) is 1.23. The number of piperidine rings is 1. The Bertz CT molecular complexity index is 574. The normalized spacial score (nSPS) is 15.5. The summed E-state index contributed by atoms with van der Waals surface area (Å²) in [5.41, 5.74) is 0.971.